The zero-order valence-electron chi connectivity index (χ0n) is 9.97. The van der Waals surface area contributed by atoms with Crippen LogP contribution in [0.15, 0.2) is 17.5 Å². The van der Waals surface area contributed by atoms with E-state index in [0.717, 1.165) is 4.88 Å². The Bertz CT molecular complexity index is 373. The van der Waals surface area contributed by atoms with Crippen molar-refractivity contribution in [3.8, 4) is 0 Å². The van der Waals surface area contributed by atoms with Gasteiger partial charge in [0.1, 0.15) is 6.04 Å². The van der Waals surface area contributed by atoms with Crippen LogP contribution in [0.1, 0.15) is 25.1 Å². The first-order valence-electron chi connectivity index (χ1n) is 5.55. The Kier molecular flexibility index (Phi) is 5.15. The lowest BCUT2D eigenvalue weighted by Crippen LogP contribution is -2.44. The monoisotopic (exact) mass is 255 g/mol. The molecule has 1 atom stereocenters. The van der Waals surface area contributed by atoms with Crippen molar-refractivity contribution >= 4 is 23.2 Å². The van der Waals surface area contributed by atoms with Crippen LogP contribution in [0.5, 0.6) is 0 Å². The van der Waals surface area contributed by atoms with Crippen LogP contribution in [0.4, 0.5) is 0 Å². The summed E-state index contributed by atoms with van der Waals surface area (Å²) in [5, 5.41) is 13.4. The fourth-order valence-electron chi connectivity index (χ4n) is 1.45. The van der Waals surface area contributed by atoms with Gasteiger partial charge in [-0.15, -0.1) is 11.3 Å². The smallest absolute Gasteiger partial charge is 0.326 e. The summed E-state index contributed by atoms with van der Waals surface area (Å²) in [5.41, 5.74) is 0. The highest BCUT2D eigenvalue weighted by atomic mass is 32.1. The van der Waals surface area contributed by atoms with Crippen molar-refractivity contribution in [2.45, 2.75) is 32.7 Å². The van der Waals surface area contributed by atoms with Crippen molar-refractivity contribution in [3.63, 3.8) is 0 Å². The number of hydrogen-bond donors (Lipinski definition) is 2. The quantitative estimate of drug-likeness (QED) is 0.816. The van der Waals surface area contributed by atoms with E-state index in [4.69, 9.17) is 5.11 Å². The highest BCUT2D eigenvalue weighted by Gasteiger charge is 2.22. The third-order valence-electron chi connectivity index (χ3n) is 2.43. The minimum Gasteiger partial charge on any atom is -0.480 e. The van der Waals surface area contributed by atoms with Gasteiger partial charge < -0.3 is 10.4 Å². The molecule has 0 saturated carbocycles. The molecule has 0 bridgehead atoms. The number of aliphatic carboxylic acids is 1. The van der Waals surface area contributed by atoms with Crippen molar-refractivity contribution in [1.82, 2.24) is 5.32 Å². The van der Waals surface area contributed by atoms with Crippen LogP contribution in [0.2, 0.25) is 0 Å². The summed E-state index contributed by atoms with van der Waals surface area (Å²) in [4.78, 5) is 23.6. The van der Waals surface area contributed by atoms with E-state index in [-0.39, 0.29) is 11.8 Å². The summed E-state index contributed by atoms with van der Waals surface area (Å²) < 4.78 is 0. The molecule has 1 aromatic heterocycles. The van der Waals surface area contributed by atoms with Crippen molar-refractivity contribution in [3.05, 3.63) is 22.4 Å². The van der Waals surface area contributed by atoms with Crippen molar-refractivity contribution < 1.29 is 14.7 Å². The molecule has 4 nitrogen and oxygen atoms in total. The number of aryl methyl sites for hydroxylation is 1. The number of hydrogen-bond acceptors (Lipinski definition) is 3. The average Bonchev–Trinajstić information content (AvgIpc) is 2.74. The summed E-state index contributed by atoms with van der Waals surface area (Å²) in [7, 11) is 0. The van der Waals surface area contributed by atoms with Gasteiger partial charge in [-0.3, -0.25) is 4.79 Å². The molecule has 94 valence electrons. The topological polar surface area (TPSA) is 66.4 Å². The zero-order valence-corrected chi connectivity index (χ0v) is 10.8. The van der Waals surface area contributed by atoms with Gasteiger partial charge in [0.25, 0.3) is 0 Å². The fraction of sp³-hybridized carbons (Fsp3) is 0.500. The van der Waals surface area contributed by atoms with Crippen molar-refractivity contribution in [2.24, 2.45) is 5.92 Å². The summed E-state index contributed by atoms with van der Waals surface area (Å²) >= 11 is 1.60. The Balaban J connectivity index is 2.40. The normalized spacial score (nSPS) is 12.4. The average molecular weight is 255 g/mol. The second kappa shape index (κ2) is 6.39. The molecule has 0 saturated heterocycles. The van der Waals surface area contributed by atoms with Crippen LogP contribution in [-0.4, -0.2) is 23.0 Å². The van der Waals surface area contributed by atoms with Crippen molar-refractivity contribution in [1.29, 1.82) is 0 Å². The molecule has 1 heterocycles. The molecule has 0 aliphatic carbocycles. The molecule has 1 amide bonds. The van der Waals surface area contributed by atoms with E-state index in [1.54, 1.807) is 25.2 Å². The van der Waals surface area contributed by atoms with Crippen LogP contribution in [0.25, 0.3) is 0 Å². The van der Waals surface area contributed by atoms with E-state index in [1.165, 1.54) is 0 Å². The van der Waals surface area contributed by atoms with E-state index in [0.29, 0.717) is 12.8 Å². The van der Waals surface area contributed by atoms with E-state index in [1.807, 2.05) is 17.5 Å². The molecule has 0 aliphatic rings. The molecule has 17 heavy (non-hydrogen) atoms. The molecule has 0 unspecified atom stereocenters. The Morgan fingerprint density at radius 1 is 1.47 bits per heavy atom. The van der Waals surface area contributed by atoms with Gasteiger partial charge in [0.15, 0.2) is 0 Å². The van der Waals surface area contributed by atoms with E-state index in [2.05, 4.69) is 5.32 Å². The van der Waals surface area contributed by atoms with Gasteiger partial charge in [-0.1, -0.05) is 19.9 Å². The van der Waals surface area contributed by atoms with Gasteiger partial charge in [0.2, 0.25) is 5.91 Å². The van der Waals surface area contributed by atoms with E-state index < -0.39 is 12.0 Å². The van der Waals surface area contributed by atoms with Gasteiger partial charge in [-0.2, -0.15) is 0 Å². The second-order valence-corrected chi connectivity index (χ2v) is 5.24. The minimum absolute atomic E-state index is 0.113. The lowest BCUT2D eigenvalue weighted by atomic mass is 10.0. The molecule has 0 aliphatic heterocycles. The number of carboxylic acids is 1. The first-order valence-corrected chi connectivity index (χ1v) is 6.43. The molecule has 0 spiro atoms. The Morgan fingerprint density at radius 3 is 2.65 bits per heavy atom. The molecule has 0 fully saturated rings. The maximum atomic E-state index is 11.6. The number of nitrogens with one attached hydrogen (secondary N) is 1. The highest BCUT2D eigenvalue weighted by Crippen LogP contribution is 2.11. The third kappa shape index (κ3) is 4.56. The van der Waals surface area contributed by atoms with E-state index in [9.17, 15) is 9.59 Å². The van der Waals surface area contributed by atoms with Crippen molar-refractivity contribution in [2.75, 3.05) is 0 Å². The standard InChI is InChI=1S/C12H17NO3S/c1-8(2)11(12(15)16)13-10(14)6-5-9-4-3-7-17-9/h3-4,7-8,11H,5-6H2,1-2H3,(H,13,14)(H,15,16)/t11-/m1/s1. The summed E-state index contributed by atoms with van der Waals surface area (Å²) in [5.74, 6) is -1.30. The number of carbonyl (C=O) groups is 2. The van der Waals surface area contributed by atoms with Crippen LogP contribution < -0.4 is 5.32 Å². The van der Waals surface area contributed by atoms with Crippen LogP contribution in [-0.2, 0) is 16.0 Å². The predicted octanol–water partition coefficient (Wildman–Crippen LogP) is 1.91. The molecule has 2 N–H and O–H groups in total. The lowest BCUT2D eigenvalue weighted by Gasteiger charge is -2.17. The number of thiophene rings is 1. The molecular weight excluding hydrogens is 238 g/mol. The number of rotatable bonds is 6. The first-order chi connectivity index (χ1) is 8.00. The van der Waals surface area contributed by atoms with Crippen LogP contribution >= 0.6 is 11.3 Å². The van der Waals surface area contributed by atoms with E-state index >= 15 is 0 Å². The molecule has 0 aromatic carbocycles. The van der Waals surface area contributed by atoms with Crippen LogP contribution in [0, 0.1) is 5.92 Å². The minimum atomic E-state index is -0.982. The molecular formula is C12H17NO3S. The number of carbonyl (C=O) groups excluding carboxylic acids is 1. The summed E-state index contributed by atoms with van der Waals surface area (Å²) in [6.07, 6.45) is 0.991. The predicted molar refractivity (Wildman–Crippen MR) is 67.0 cm³/mol. The Morgan fingerprint density at radius 2 is 2.18 bits per heavy atom. The maximum Gasteiger partial charge on any atom is 0.326 e. The largest absolute Gasteiger partial charge is 0.480 e. The van der Waals surface area contributed by atoms with Gasteiger partial charge in [0.05, 0.1) is 0 Å². The Hall–Kier alpha value is -1.36. The van der Waals surface area contributed by atoms with Gasteiger partial charge in [0, 0.05) is 11.3 Å². The molecule has 0 radical (unpaired) electrons. The molecule has 5 heteroatoms. The van der Waals surface area contributed by atoms with Crippen LogP contribution in [0.3, 0.4) is 0 Å². The number of carboxylic acid groups (broad SMARTS) is 1. The SMILES string of the molecule is CC(C)[C@@H](NC(=O)CCc1cccs1)C(=O)O. The third-order valence-corrected chi connectivity index (χ3v) is 3.36. The summed E-state index contributed by atoms with van der Waals surface area (Å²) in [6, 6.07) is 3.10. The molecule has 1 rings (SSSR count). The second-order valence-electron chi connectivity index (χ2n) is 4.21. The fourth-order valence-corrected chi connectivity index (χ4v) is 2.16. The first kappa shape index (κ1) is 13.7. The van der Waals surface area contributed by atoms with Gasteiger partial charge in [-0.25, -0.2) is 4.79 Å². The zero-order chi connectivity index (χ0) is 12.8. The highest BCUT2D eigenvalue weighted by molar-refractivity contribution is 7.09. The Labute approximate surface area is 105 Å². The van der Waals surface area contributed by atoms with Gasteiger partial charge >= 0.3 is 5.97 Å². The summed E-state index contributed by atoms with van der Waals surface area (Å²) in [6.45, 7) is 3.55. The molecule has 1 aromatic rings. The lowest BCUT2D eigenvalue weighted by molar-refractivity contribution is -0.143. The maximum absolute atomic E-state index is 11.6. The number of amides is 1. The van der Waals surface area contributed by atoms with Gasteiger partial charge in [-0.05, 0) is 23.8 Å².